The van der Waals surface area contributed by atoms with Crippen LogP contribution in [0.2, 0.25) is 0 Å². The molecule has 3 heteroatoms. The highest BCUT2D eigenvalue weighted by Gasteiger charge is 2.06. The van der Waals surface area contributed by atoms with Gasteiger partial charge in [-0.1, -0.05) is 41.1 Å². The average molecular weight is 308 g/mol. The minimum absolute atomic E-state index is 0.201. The maximum Gasteiger partial charge on any atom is 0.123 e. The number of nitrogens with one attached hydrogen (secondary N) is 1. The molecule has 0 aliphatic rings. The van der Waals surface area contributed by atoms with Crippen LogP contribution in [0.25, 0.3) is 11.1 Å². The summed E-state index contributed by atoms with van der Waals surface area (Å²) in [6.07, 6.45) is 0. The zero-order valence-electron chi connectivity index (χ0n) is 10.2. The lowest BCUT2D eigenvalue weighted by Crippen LogP contribution is -2.12. The Morgan fingerprint density at radius 1 is 1.11 bits per heavy atom. The van der Waals surface area contributed by atoms with E-state index in [0.717, 1.165) is 34.3 Å². The fraction of sp³-hybridized carbons (Fsp3) is 0.200. The summed E-state index contributed by atoms with van der Waals surface area (Å²) in [7, 11) is 0. The molecule has 0 aliphatic heterocycles. The Morgan fingerprint density at radius 3 is 2.50 bits per heavy atom. The van der Waals surface area contributed by atoms with Gasteiger partial charge in [-0.2, -0.15) is 0 Å². The molecule has 94 valence electrons. The first-order valence-electron chi connectivity index (χ1n) is 5.96. The van der Waals surface area contributed by atoms with Crippen molar-refractivity contribution in [3.05, 3.63) is 58.3 Å². The summed E-state index contributed by atoms with van der Waals surface area (Å²) in [4.78, 5) is 0. The van der Waals surface area contributed by atoms with Crippen LogP contribution in [0.4, 0.5) is 4.39 Å². The molecular formula is C15H15BrFN. The van der Waals surface area contributed by atoms with Gasteiger partial charge in [0.05, 0.1) is 0 Å². The fourth-order valence-corrected chi connectivity index (χ4v) is 2.13. The van der Waals surface area contributed by atoms with Crippen LogP contribution in [0.15, 0.2) is 46.9 Å². The third-order valence-corrected chi connectivity index (χ3v) is 3.32. The quantitative estimate of drug-likeness (QED) is 0.884. The van der Waals surface area contributed by atoms with Crippen LogP contribution in [0.5, 0.6) is 0 Å². The van der Waals surface area contributed by atoms with Crippen molar-refractivity contribution in [2.24, 2.45) is 0 Å². The Hall–Kier alpha value is -1.19. The van der Waals surface area contributed by atoms with E-state index in [1.165, 1.54) is 6.07 Å². The van der Waals surface area contributed by atoms with E-state index < -0.39 is 0 Å². The van der Waals surface area contributed by atoms with Gasteiger partial charge < -0.3 is 5.32 Å². The van der Waals surface area contributed by atoms with Crippen LogP contribution in [-0.2, 0) is 6.54 Å². The third kappa shape index (κ3) is 3.18. The summed E-state index contributed by atoms with van der Waals surface area (Å²) in [6.45, 7) is 3.71. The van der Waals surface area contributed by atoms with Crippen molar-refractivity contribution in [2.75, 3.05) is 6.54 Å². The normalized spacial score (nSPS) is 10.6. The van der Waals surface area contributed by atoms with E-state index in [9.17, 15) is 4.39 Å². The fourth-order valence-electron chi connectivity index (χ4n) is 1.86. The van der Waals surface area contributed by atoms with E-state index in [4.69, 9.17) is 0 Å². The van der Waals surface area contributed by atoms with Gasteiger partial charge in [-0.3, -0.25) is 0 Å². The molecule has 0 spiro atoms. The first-order chi connectivity index (χ1) is 8.70. The van der Waals surface area contributed by atoms with Crippen LogP contribution >= 0.6 is 15.9 Å². The number of halogens is 2. The first kappa shape index (κ1) is 13.2. The zero-order valence-corrected chi connectivity index (χ0v) is 11.8. The van der Waals surface area contributed by atoms with Crippen molar-refractivity contribution in [3.8, 4) is 11.1 Å². The number of rotatable bonds is 4. The van der Waals surface area contributed by atoms with Crippen LogP contribution in [0.1, 0.15) is 12.5 Å². The van der Waals surface area contributed by atoms with Gasteiger partial charge in [-0.05, 0) is 47.5 Å². The van der Waals surface area contributed by atoms with Crippen molar-refractivity contribution >= 4 is 15.9 Å². The van der Waals surface area contributed by atoms with E-state index >= 15 is 0 Å². The van der Waals surface area contributed by atoms with Gasteiger partial charge in [0.25, 0.3) is 0 Å². The van der Waals surface area contributed by atoms with Crippen LogP contribution in [0.3, 0.4) is 0 Å². The molecule has 0 atom stereocenters. The summed E-state index contributed by atoms with van der Waals surface area (Å²) in [6, 6.07) is 12.9. The van der Waals surface area contributed by atoms with Crippen LogP contribution in [0, 0.1) is 5.82 Å². The van der Waals surface area contributed by atoms with Gasteiger partial charge >= 0.3 is 0 Å². The molecule has 2 aromatic carbocycles. The summed E-state index contributed by atoms with van der Waals surface area (Å²) in [5, 5.41) is 3.27. The van der Waals surface area contributed by atoms with Gasteiger partial charge in [0.15, 0.2) is 0 Å². The summed E-state index contributed by atoms with van der Waals surface area (Å²) in [5.41, 5.74) is 3.09. The Labute approximate surface area is 115 Å². The Kier molecular flexibility index (Phi) is 4.50. The molecule has 0 bridgehead atoms. The van der Waals surface area contributed by atoms with Crippen molar-refractivity contribution in [1.82, 2.24) is 5.32 Å². The molecule has 2 aromatic rings. The predicted molar refractivity (Wildman–Crippen MR) is 76.9 cm³/mol. The van der Waals surface area contributed by atoms with E-state index in [1.54, 1.807) is 6.07 Å². The predicted octanol–water partition coefficient (Wildman–Crippen LogP) is 4.36. The largest absolute Gasteiger partial charge is 0.313 e. The molecule has 0 amide bonds. The molecular weight excluding hydrogens is 293 g/mol. The van der Waals surface area contributed by atoms with Gasteiger partial charge in [0, 0.05) is 11.0 Å². The second kappa shape index (κ2) is 6.12. The van der Waals surface area contributed by atoms with E-state index in [2.05, 4.69) is 28.2 Å². The maximum atomic E-state index is 13.4. The highest BCUT2D eigenvalue weighted by molar-refractivity contribution is 9.10. The SMILES string of the molecule is CCNCc1ccc(F)cc1-c1ccc(Br)cc1. The van der Waals surface area contributed by atoms with Crippen molar-refractivity contribution in [2.45, 2.75) is 13.5 Å². The van der Waals surface area contributed by atoms with Crippen LogP contribution in [-0.4, -0.2) is 6.54 Å². The molecule has 0 radical (unpaired) electrons. The van der Waals surface area contributed by atoms with Gasteiger partial charge in [-0.15, -0.1) is 0 Å². The number of benzene rings is 2. The highest BCUT2D eigenvalue weighted by atomic mass is 79.9. The minimum Gasteiger partial charge on any atom is -0.313 e. The third-order valence-electron chi connectivity index (χ3n) is 2.79. The molecule has 0 saturated carbocycles. The monoisotopic (exact) mass is 307 g/mol. The Bertz CT molecular complexity index is 523. The van der Waals surface area contributed by atoms with Crippen molar-refractivity contribution < 1.29 is 4.39 Å². The Balaban J connectivity index is 2.40. The molecule has 1 nitrogen and oxygen atoms in total. The summed E-state index contributed by atoms with van der Waals surface area (Å²) >= 11 is 3.41. The molecule has 0 aromatic heterocycles. The lowest BCUT2D eigenvalue weighted by molar-refractivity contribution is 0.626. The van der Waals surface area contributed by atoms with Crippen molar-refractivity contribution in [3.63, 3.8) is 0 Å². The standard InChI is InChI=1S/C15H15BrFN/c1-2-18-10-12-5-8-14(17)9-15(12)11-3-6-13(16)7-4-11/h3-9,18H,2,10H2,1H3. The lowest BCUT2D eigenvalue weighted by Gasteiger charge is -2.10. The van der Waals surface area contributed by atoms with E-state index in [1.807, 2.05) is 30.3 Å². The topological polar surface area (TPSA) is 12.0 Å². The maximum absolute atomic E-state index is 13.4. The second-order valence-electron chi connectivity index (χ2n) is 4.09. The smallest absolute Gasteiger partial charge is 0.123 e. The molecule has 18 heavy (non-hydrogen) atoms. The zero-order chi connectivity index (χ0) is 13.0. The molecule has 0 fully saturated rings. The number of hydrogen-bond acceptors (Lipinski definition) is 1. The van der Waals surface area contributed by atoms with E-state index in [-0.39, 0.29) is 5.82 Å². The molecule has 0 saturated heterocycles. The minimum atomic E-state index is -0.201. The Morgan fingerprint density at radius 2 is 1.83 bits per heavy atom. The van der Waals surface area contributed by atoms with Crippen LogP contribution < -0.4 is 5.32 Å². The molecule has 0 heterocycles. The van der Waals surface area contributed by atoms with Gasteiger partial charge in [0.2, 0.25) is 0 Å². The molecule has 0 aliphatic carbocycles. The number of hydrogen-bond donors (Lipinski definition) is 1. The highest BCUT2D eigenvalue weighted by Crippen LogP contribution is 2.26. The first-order valence-corrected chi connectivity index (χ1v) is 6.75. The lowest BCUT2D eigenvalue weighted by atomic mass is 9.99. The summed E-state index contributed by atoms with van der Waals surface area (Å²) < 4.78 is 14.4. The molecule has 1 N–H and O–H groups in total. The van der Waals surface area contributed by atoms with Crippen molar-refractivity contribution in [1.29, 1.82) is 0 Å². The van der Waals surface area contributed by atoms with Gasteiger partial charge in [0.1, 0.15) is 5.82 Å². The second-order valence-corrected chi connectivity index (χ2v) is 5.00. The molecule has 0 unspecified atom stereocenters. The summed E-state index contributed by atoms with van der Waals surface area (Å²) in [5.74, 6) is -0.201. The van der Waals surface area contributed by atoms with Gasteiger partial charge in [-0.25, -0.2) is 4.39 Å². The average Bonchev–Trinajstić information content (AvgIpc) is 2.38. The van der Waals surface area contributed by atoms with E-state index in [0.29, 0.717) is 0 Å². The molecule has 2 rings (SSSR count).